The number of aromatic nitrogens is 1. The monoisotopic (exact) mass is 370 g/mol. The molecule has 1 aliphatic rings. The van der Waals surface area contributed by atoms with Gasteiger partial charge in [-0.25, -0.2) is 4.79 Å². The van der Waals surface area contributed by atoms with Crippen LogP contribution in [0.4, 0.5) is 0 Å². The SMILES string of the molecule is Cc1cc(C(=O)NC(C(=O)O)C2CCCOC2)c(C)n1Cc1ccccc1. The molecule has 0 spiro atoms. The van der Waals surface area contributed by atoms with Gasteiger partial charge in [-0.1, -0.05) is 30.3 Å². The lowest BCUT2D eigenvalue weighted by Crippen LogP contribution is -2.48. The summed E-state index contributed by atoms with van der Waals surface area (Å²) in [6, 6.07) is 10.9. The number of aryl methyl sites for hydroxylation is 1. The van der Waals surface area contributed by atoms with E-state index in [1.165, 1.54) is 0 Å². The Hall–Kier alpha value is -2.60. The van der Waals surface area contributed by atoms with Gasteiger partial charge in [-0.3, -0.25) is 4.79 Å². The average molecular weight is 370 g/mol. The molecule has 2 atom stereocenters. The van der Waals surface area contributed by atoms with Gasteiger partial charge in [-0.15, -0.1) is 0 Å². The van der Waals surface area contributed by atoms with Crippen LogP contribution in [0.5, 0.6) is 0 Å². The minimum Gasteiger partial charge on any atom is -0.480 e. The van der Waals surface area contributed by atoms with Crippen molar-refractivity contribution >= 4 is 11.9 Å². The van der Waals surface area contributed by atoms with Crippen LogP contribution >= 0.6 is 0 Å². The number of amides is 1. The number of carbonyl (C=O) groups excluding carboxylic acids is 1. The molecule has 1 aromatic heterocycles. The molecule has 144 valence electrons. The van der Waals surface area contributed by atoms with Crippen molar-refractivity contribution < 1.29 is 19.4 Å². The second-order valence-corrected chi connectivity index (χ2v) is 7.12. The molecule has 2 N–H and O–H groups in total. The van der Waals surface area contributed by atoms with E-state index in [9.17, 15) is 14.7 Å². The summed E-state index contributed by atoms with van der Waals surface area (Å²) in [6.45, 7) is 5.53. The van der Waals surface area contributed by atoms with E-state index in [4.69, 9.17) is 4.74 Å². The van der Waals surface area contributed by atoms with Gasteiger partial charge in [0.1, 0.15) is 6.04 Å². The highest BCUT2D eigenvalue weighted by Gasteiger charge is 2.32. The van der Waals surface area contributed by atoms with Crippen molar-refractivity contribution in [3.8, 4) is 0 Å². The molecule has 2 unspecified atom stereocenters. The minimum absolute atomic E-state index is 0.201. The zero-order chi connectivity index (χ0) is 19.4. The molecular weight excluding hydrogens is 344 g/mol. The first-order chi connectivity index (χ1) is 13.0. The Kier molecular flexibility index (Phi) is 5.96. The number of carboxylic acid groups (broad SMARTS) is 1. The molecule has 1 saturated heterocycles. The van der Waals surface area contributed by atoms with E-state index in [-0.39, 0.29) is 11.8 Å². The largest absolute Gasteiger partial charge is 0.480 e. The van der Waals surface area contributed by atoms with Crippen molar-refractivity contribution in [2.24, 2.45) is 5.92 Å². The van der Waals surface area contributed by atoms with Crippen LogP contribution in [0.25, 0.3) is 0 Å². The summed E-state index contributed by atoms with van der Waals surface area (Å²) >= 11 is 0. The van der Waals surface area contributed by atoms with E-state index >= 15 is 0 Å². The number of carboxylic acids is 1. The van der Waals surface area contributed by atoms with Gasteiger partial charge in [0.05, 0.1) is 12.2 Å². The molecule has 6 nitrogen and oxygen atoms in total. The minimum atomic E-state index is -1.02. The van der Waals surface area contributed by atoms with Gasteiger partial charge in [0.15, 0.2) is 0 Å². The zero-order valence-corrected chi connectivity index (χ0v) is 15.8. The zero-order valence-electron chi connectivity index (χ0n) is 15.8. The molecule has 0 bridgehead atoms. The summed E-state index contributed by atoms with van der Waals surface area (Å²) in [6.07, 6.45) is 1.56. The number of nitrogens with zero attached hydrogens (tertiary/aromatic N) is 1. The summed E-state index contributed by atoms with van der Waals surface area (Å²) < 4.78 is 7.47. The van der Waals surface area contributed by atoms with Gasteiger partial charge < -0.3 is 19.7 Å². The highest BCUT2D eigenvalue weighted by molar-refractivity contribution is 5.98. The first kappa shape index (κ1) is 19.2. The smallest absolute Gasteiger partial charge is 0.326 e. The number of nitrogens with one attached hydrogen (secondary N) is 1. The van der Waals surface area contributed by atoms with Crippen LogP contribution in [0.1, 0.15) is 40.2 Å². The quantitative estimate of drug-likeness (QED) is 0.819. The Bertz CT molecular complexity index is 807. The van der Waals surface area contributed by atoms with Crippen LogP contribution in [-0.4, -0.2) is 40.8 Å². The second-order valence-electron chi connectivity index (χ2n) is 7.12. The average Bonchev–Trinajstić information content (AvgIpc) is 2.95. The van der Waals surface area contributed by atoms with Gasteiger partial charge in [-0.2, -0.15) is 0 Å². The molecule has 1 amide bonds. The Morgan fingerprint density at radius 3 is 2.67 bits per heavy atom. The van der Waals surface area contributed by atoms with Crippen molar-refractivity contribution in [3.63, 3.8) is 0 Å². The number of hydrogen-bond donors (Lipinski definition) is 2. The summed E-state index contributed by atoms with van der Waals surface area (Å²) in [5.41, 5.74) is 3.47. The molecule has 0 aliphatic carbocycles. The van der Waals surface area contributed by atoms with E-state index in [1.807, 2.05) is 50.2 Å². The van der Waals surface area contributed by atoms with E-state index in [0.29, 0.717) is 25.3 Å². The summed E-state index contributed by atoms with van der Waals surface area (Å²) in [5, 5.41) is 12.3. The lowest BCUT2D eigenvalue weighted by atomic mass is 9.93. The maximum Gasteiger partial charge on any atom is 0.326 e. The maximum absolute atomic E-state index is 12.8. The van der Waals surface area contributed by atoms with Gasteiger partial charge in [0, 0.05) is 30.5 Å². The number of carbonyl (C=O) groups is 2. The predicted octanol–water partition coefficient (Wildman–Crippen LogP) is 2.76. The second kappa shape index (κ2) is 8.39. The van der Waals surface area contributed by atoms with Gasteiger partial charge in [-0.05, 0) is 38.3 Å². The maximum atomic E-state index is 12.8. The Morgan fingerprint density at radius 2 is 2.04 bits per heavy atom. The number of ether oxygens (including phenoxy) is 1. The molecule has 6 heteroatoms. The molecule has 2 heterocycles. The number of aliphatic carboxylic acids is 1. The molecule has 2 aromatic rings. The lowest BCUT2D eigenvalue weighted by molar-refractivity contribution is -0.142. The fourth-order valence-corrected chi connectivity index (χ4v) is 3.67. The molecule has 1 aliphatic heterocycles. The van der Waals surface area contributed by atoms with Crippen molar-refractivity contribution in [2.75, 3.05) is 13.2 Å². The number of hydrogen-bond acceptors (Lipinski definition) is 3. The van der Waals surface area contributed by atoms with Crippen LogP contribution in [0, 0.1) is 19.8 Å². The molecule has 1 aromatic carbocycles. The van der Waals surface area contributed by atoms with E-state index in [2.05, 4.69) is 9.88 Å². The molecule has 27 heavy (non-hydrogen) atoms. The first-order valence-electron chi connectivity index (χ1n) is 9.29. The first-order valence-corrected chi connectivity index (χ1v) is 9.29. The van der Waals surface area contributed by atoms with E-state index in [1.54, 1.807) is 0 Å². The summed E-state index contributed by atoms with van der Waals surface area (Å²) in [5.74, 6) is -1.56. The summed E-state index contributed by atoms with van der Waals surface area (Å²) in [7, 11) is 0. The normalized spacial score (nSPS) is 18.1. The lowest BCUT2D eigenvalue weighted by Gasteiger charge is -2.28. The molecule has 3 rings (SSSR count). The van der Waals surface area contributed by atoms with Crippen LogP contribution in [0.2, 0.25) is 0 Å². The van der Waals surface area contributed by atoms with Gasteiger partial charge in [0.2, 0.25) is 0 Å². The number of rotatable bonds is 6. The van der Waals surface area contributed by atoms with E-state index in [0.717, 1.165) is 29.8 Å². The van der Waals surface area contributed by atoms with Crippen LogP contribution in [-0.2, 0) is 16.1 Å². The third-order valence-corrected chi connectivity index (χ3v) is 5.22. The van der Waals surface area contributed by atoms with Crippen LogP contribution in [0.15, 0.2) is 36.4 Å². The van der Waals surface area contributed by atoms with Crippen molar-refractivity contribution in [1.29, 1.82) is 0 Å². The highest BCUT2D eigenvalue weighted by Crippen LogP contribution is 2.21. The third-order valence-electron chi connectivity index (χ3n) is 5.22. The Morgan fingerprint density at radius 1 is 1.30 bits per heavy atom. The van der Waals surface area contributed by atoms with Crippen LogP contribution < -0.4 is 5.32 Å². The Labute approximate surface area is 159 Å². The summed E-state index contributed by atoms with van der Waals surface area (Å²) in [4.78, 5) is 24.5. The molecular formula is C21H26N2O4. The topological polar surface area (TPSA) is 80.6 Å². The van der Waals surface area contributed by atoms with Gasteiger partial charge in [0.25, 0.3) is 5.91 Å². The fourth-order valence-electron chi connectivity index (χ4n) is 3.67. The Balaban J connectivity index is 1.78. The van der Waals surface area contributed by atoms with Crippen molar-refractivity contribution in [2.45, 2.75) is 39.3 Å². The predicted molar refractivity (Wildman–Crippen MR) is 102 cm³/mol. The van der Waals surface area contributed by atoms with E-state index < -0.39 is 12.0 Å². The van der Waals surface area contributed by atoms with Crippen molar-refractivity contribution in [3.05, 3.63) is 58.9 Å². The number of benzene rings is 1. The molecule has 0 radical (unpaired) electrons. The molecule has 0 saturated carbocycles. The molecule has 1 fully saturated rings. The van der Waals surface area contributed by atoms with Crippen molar-refractivity contribution in [1.82, 2.24) is 9.88 Å². The third kappa shape index (κ3) is 4.39. The standard InChI is InChI=1S/C21H26N2O4/c1-14-11-18(15(2)23(14)12-16-7-4-3-5-8-16)20(24)22-19(21(25)26)17-9-6-10-27-13-17/h3-5,7-8,11,17,19H,6,9-10,12-13H2,1-2H3,(H,22,24)(H,25,26). The highest BCUT2D eigenvalue weighted by atomic mass is 16.5. The van der Waals surface area contributed by atoms with Crippen LogP contribution in [0.3, 0.4) is 0 Å². The fraction of sp³-hybridized carbons (Fsp3) is 0.429. The van der Waals surface area contributed by atoms with Gasteiger partial charge >= 0.3 is 5.97 Å².